The first kappa shape index (κ1) is 23.0. The first-order chi connectivity index (χ1) is 18.1. The average Bonchev–Trinajstić information content (AvgIpc) is 3.48. The molecule has 37 heavy (non-hydrogen) atoms. The molecule has 6 rings (SSSR count). The van der Waals surface area contributed by atoms with Gasteiger partial charge in [-0.1, -0.05) is 36.3 Å². The number of rotatable bonds is 5. The van der Waals surface area contributed by atoms with Gasteiger partial charge in [-0.15, -0.1) is 5.92 Å². The molecule has 0 aliphatic carbocycles. The number of nitrogens with two attached hydrogens (primary N) is 1. The van der Waals surface area contributed by atoms with Gasteiger partial charge in [0, 0.05) is 24.8 Å². The third kappa shape index (κ3) is 4.15. The van der Waals surface area contributed by atoms with Gasteiger partial charge in [-0.05, 0) is 44.0 Å². The van der Waals surface area contributed by atoms with Gasteiger partial charge in [-0.3, -0.25) is 13.9 Å². The van der Waals surface area contributed by atoms with Gasteiger partial charge in [0.1, 0.15) is 23.4 Å². The molecule has 2 aromatic carbocycles. The lowest BCUT2D eigenvalue weighted by Crippen LogP contribution is -2.44. The van der Waals surface area contributed by atoms with E-state index >= 15 is 0 Å². The van der Waals surface area contributed by atoms with E-state index < -0.39 is 0 Å². The van der Waals surface area contributed by atoms with Crippen LogP contribution in [0.15, 0.2) is 65.6 Å². The molecule has 5 aromatic rings. The van der Waals surface area contributed by atoms with Crippen LogP contribution in [0.1, 0.15) is 25.6 Å². The Hall–Kier alpha value is -4.42. The van der Waals surface area contributed by atoms with E-state index in [-0.39, 0.29) is 18.1 Å². The topological polar surface area (TPSA) is 99.8 Å². The minimum atomic E-state index is -0.220. The summed E-state index contributed by atoms with van der Waals surface area (Å²) in [5, 5.41) is 4.50. The van der Waals surface area contributed by atoms with E-state index in [2.05, 4.69) is 26.4 Å². The maximum Gasteiger partial charge on any atom is 0.293 e. The summed E-state index contributed by atoms with van der Waals surface area (Å²) in [6.45, 7) is 3.93. The van der Waals surface area contributed by atoms with Crippen LogP contribution < -0.4 is 16.2 Å². The molecular formula is C28H28N8O. The normalized spacial score (nSPS) is 15.7. The summed E-state index contributed by atoms with van der Waals surface area (Å²) >= 11 is 0. The molecule has 0 amide bonds. The smallest absolute Gasteiger partial charge is 0.293 e. The van der Waals surface area contributed by atoms with E-state index in [1.165, 1.54) is 4.68 Å². The van der Waals surface area contributed by atoms with Crippen LogP contribution >= 0.6 is 0 Å². The Kier molecular flexibility index (Phi) is 5.94. The van der Waals surface area contributed by atoms with Gasteiger partial charge in [0.05, 0.1) is 23.8 Å². The maximum absolute atomic E-state index is 13.9. The Labute approximate surface area is 214 Å². The van der Waals surface area contributed by atoms with Crippen molar-refractivity contribution in [2.75, 3.05) is 18.0 Å². The van der Waals surface area contributed by atoms with E-state index in [1.807, 2.05) is 59.2 Å². The highest BCUT2D eigenvalue weighted by Gasteiger charge is 2.24. The number of hydrogen-bond donors (Lipinski definition) is 1. The van der Waals surface area contributed by atoms with Crippen LogP contribution in [0.3, 0.4) is 0 Å². The fourth-order valence-corrected chi connectivity index (χ4v) is 5.11. The molecule has 9 heteroatoms. The Bertz CT molecular complexity index is 1700. The van der Waals surface area contributed by atoms with E-state index in [0.717, 1.165) is 47.9 Å². The first-order valence-corrected chi connectivity index (χ1v) is 12.5. The van der Waals surface area contributed by atoms with Crippen molar-refractivity contribution in [3.63, 3.8) is 0 Å². The molecule has 186 valence electrons. The average molecular weight is 493 g/mol. The van der Waals surface area contributed by atoms with Crippen molar-refractivity contribution in [3.05, 3.63) is 77.0 Å². The molecular weight excluding hydrogens is 464 g/mol. The number of nitrogens with zero attached hydrogens (tertiary/aromatic N) is 7. The lowest BCUT2D eigenvalue weighted by molar-refractivity contribution is 0.496. The Morgan fingerprint density at radius 2 is 1.86 bits per heavy atom. The van der Waals surface area contributed by atoms with Crippen molar-refractivity contribution in [2.24, 2.45) is 5.73 Å². The second-order valence-electron chi connectivity index (χ2n) is 9.30. The van der Waals surface area contributed by atoms with Gasteiger partial charge in [0.25, 0.3) is 5.56 Å². The number of para-hydroxylation sites is 3. The second-order valence-corrected chi connectivity index (χ2v) is 9.30. The zero-order chi connectivity index (χ0) is 25.4. The Morgan fingerprint density at radius 1 is 1.05 bits per heavy atom. The molecule has 1 saturated heterocycles. The second kappa shape index (κ2) is 9.56. The third-order valence-electron chi connectivity index (χ3n) is 6.82. The minimum Gasteiger partial charge on any atom is -0.341 e. The number of imidazole rings is 2. The van der Waals surface area contributed by atoms with Gasteiger partial charge in [-0.25, -0.2) is 14.6 Å². The van der Waals surface area contributed by atoms with Crippen LogP contribution in [-0.2, 0) is 13.1 Å². The lowest BCUT2D eigenvalue weighted by atomic mass is 10.1. The molecule has 2 N–H and O–H groups in total. The maximum atomic E-state index is 13.9. The first-order valence-electron chi connectivity index (χ1n) is 12.5. The molecule has 3 aromatic heterocycles. The molecule has 0 bridgehead atoms. The highest BCUT2D eigenvalue weighted by molar-refractivity contribution is 5.79. The number of anilines is 1. The predicted octanol–water partition coefficient (Wildman–Crippen LogP) is 2.93. The fraction of sp³-hybridized carbons (Fsp3) is 0.286. The van der Waals surface area contributed by atoms with Crippen LogP contribution in [0.4, 0.5) is 5.95 Å². The molecule has 0 spiro atoms. The molecule has 1 fully saturated rings. The van der Waals surface area contributed by atoms with Crippen molar-refractivity contribution in [3.8, 4) is 17.5 Å². The zero-order valence-electron chi connectivity index (χ0n) is 20.7. The van der Waals surface area contributed by atoms with Crippen LogP contribution in [0, 0.1) is 11.8 Å². The summed E-state index contributed by atoms with van der Waals surface area (Å²) in [6, 6.07) is 18.1. The molecule has 1 atom stereocenters. The lowest BCUT2D eigenvalue weighted by Gasteiger charge is -2.31. The number of hydrogen-bond acceptors (Lipinski definition) is 6. The minimum absolute atomic E-state index is 0.0834. The van der Waals surface area contributed by atoms with Crippen molar-refractivity contribution < 1.29 is 0 Å². The fourth-order valence-electron chi connectivity index (χ4n) is 5.11. The van der Waals surface area contributed by atoms with E-state index in [9.17, 15) is 4.79 Å². The molecule has 0 saturated carbocycles. The molecule has 9 nitrogen and oxygen atoms in total. The van der Waals surface area contributed by atoms with Crippen LogP contribution in [0.25, 0.3) is 27.8 Å². The largest absolute Gasteiger partial charge is 0.341 e. The summed E-state index contributed by atoms with van der Waals surface area (Å²) in [6.07, 6.45) is 3.64. The highest BCUT2D eigenvalue weighted by atomic mass is 16.1. The van der Waals surface area contributed by atoms with Crippen molar-refractivity contribution in [1.82, 2.24) is 28.9 Å². The van der Waals surface area contributed by atoms with Crippen molar-refractivity contribution in [2.45, 2.75) is 38.9 Å². The standard InChI is InChI=1S/C28H28N8O/c1-2-3-16-34-26-23(32-28(34)33-15-9-10-20(29)18-33)17-30-35(27(26)37)19-25-31-22-13-7-8-14-24(22)36(25)21-11-5-4-6-12-21/h4-8,11-14,17,20H,9-10,15-16,18-19,29H2,1H3. The van der Waals surface area contributed by atoms with E-state index in [0.29, 0.717) is 24.1 Å². The monoisotopic (exact) mass is 492 g/mol. The molecule has 1 unspecified atom stereocenters. The van der Waals surface area contributed by atoms with Crippen molar-refractivity contribution >= 4 is 28.0 Å². The summed E-state index contributed by atoms with van der Waals surface area (Å²) in [4.78, 5) is 25.7. The Morgan fingerprint density at radius 3 is 2.68 bits per heavy atom. The van der Waals surface area contributed by atoms with Gasteiger partial charge < -0.3 is 10.6 Å². The number of fused-ring (bicyclic) bond motifs is 2. The third-order valence-corrected chi connectivity index (χ3v) is 6.82. The Balaban J connectivity index is 1.48. The van der Waals surface area contributed by atoms with Gasteiger partial charge in [0.2, 0.25) is 5.95 Å². The van der Waals surface area contributed by atoms with E-state index in [1.54, 1.807) is 13.1 Å². The highest BCUT2D eigenvalue weighted by Crippen LogP contribution is 2.24. The van der Waals surface area contributed by atoms with Crippen LogP contribution in [-0.4, -0.2) is 48.0 Å². The van der Waals surface area contributed by atoms with Gasteiger partial charge in [-0.2, -0.15) is 5.10 Å². The predicted molar refractivity (Wildman–Crippen MR) is 145 cm³/mol. The number of aromatic nitrogens is 6. The van der Waals surface area contributed by atoms with Crippen LogP contribution in [0.5, 0.6) is 0 Å². The van der Waals surface area contributed by atoms with Crippen LogP contribution in [0.2, 0.25) is 0 Å². The molecule has 4 heterocycles. The summed E-state index contributed by atoms with van der Waals surface area (Å²) < 4.78 is 5.45. The SMILES string of the molecule is CC#CCn1c(N2CCCC(N)C2)nc2cnn(Cc3nc4ccccc4n3-c3ccccc3)c(=O)c21. The van der Waals surface area contributed by atoms with Gasteiger partial charge >= 0.3 is 0 Å². The van der Waals surface area contributed by atoms with E-state index in [4.69, 9.17) is 15.7 Å². The summed E-state index contributed by atoms with van der Waals surface area (Å²) in [7, 11) is 0. The molecule has 1 aliphatic heterocycles. The molecule has 0 radical (unpaired) electrons. The zero-order valence-corrected chi connectivity index (χ0v) is 20.7. The van der Waals surface area contributed by atoms with Crippen molar-refractivity contribution in [1.29, 1.82) is 0 Å². The number of benzene rings is 2. The summed E-state index contributed by atoms with van der Waals surface area (Å²) in [5.74, 6) is 7.50. The van der Waals surface area contributed by atoms with Gasteiger partial charge in [0.15, 0.2) is 0 Å². The summed E-state index contributed by atoms with van der Waals surface area (Å²) in [5.41, 5.74) is 9.90. The number of piperidine rings is 1. The quantitative estimate of drug-likeness (QED) is 0.379. The molecule has 1 aliphatic rings.